The first-order chi connectivity index (χ1) is 17.4. The quantitative estimate of drug-likeness (QED) is 0.314. The topological polar surface area (TPSA) is 86.8 Å². The van der Waals surface area contributed by atoms with Crippen LogP contribution < -0.4 is 9.62 Å². The number of amides is 2. The van der Waals surface area contributed by atoms with Crippen LogP contribution in [0.25, 0.3) is 0 Å². The number of rotatable bonds is 13. The Labute approximate surface area is 235 Å². The maximum absolute atomic E-state index is 13.5. The molecule has 0 aliphatic heterocycles. The number of sulfonamides is 1. The van der Waals surface area contributed by atoms with Gasteiger partial charge in [-0.05, 0) is 62.1 Å². The number of nitrogens with one attached hydrogen (secondary N) is 1. The largest absolute Gasteiger partial charge is 0.352 e. The van der Waals surface area contributed by atoms with E-state index < -0.39 is 16.1 Å². The summed E-state index contributed by atoms with van der Waals surface area (Å²) < 4.78 is 26.1. The van der Waals surface area contributed by atoms with Crippen LogP contribution in [0.15, 0.2) is 42.5 Å². The van der Waals surface area contributed by atoms with E-state index in [2.05, 4.69) is 5.32 Å². The molecule has 2 rings (SSSR count). The van der Waals surface area contributed by atoms with Crippen LogP contribution in [-0.2, 0) is 26.2 Å². The molecule has 2 atom stereocenters. The van der Waals surface area contributed by atoms with E-state index in [1.807, 2.05) is 20.8 Å². The van der Waals surface area contributed by atoms with Crippen molar-refractivity contribution in [1.82, 2.24) is 10.2 Å². The Balaban J connectivity index is 2.25. The Morgan fingerprint density at radius 3 is 2.27 bits per heavy atom. The summed E-state index contributed by atoms with van der Waals surface area (Å²) in [7, 11) is -3.60. The summed E-state index contributed by atoms with van der Waals surface area (Å²) in [5, 5.41) is 4.12. The molecule has 37 heavy (non-hydrogen) atoms. The zero-order valence-electron chi connectivity index (χ0n) is 21.5. The van der Waals surface area contributed by atoms with Crippen molar-refractivity contribution in [2.24, 2.45) is 0 Å². The molecule has 2 aromatic carbocycles. The van der Waals surface area contributed by atoms with Crippen molar-refractivity contribution < 1.29 is 18.0 Å². The fraction of sp³-hybridized carbons (Fsp3) is 0.462. The van der Waals surface area contributed by atoms with Gasteiger partial charge < -0.3 is 10.2 Å². The molecule has 0 aliphatic rings. The molecule has 0 saturated carbocycles. The van der Waals surface area contributed by atoms with Crippen LogP contribution in [0.3, 0.4) is 0 Å². The average molecular weight is 591 g/mol. The summed E-state index contributed by atoms with van der Waals surface area (Å²) >= 11 is 18.3. The van der Waals surface area contributed by atoms with Crippen LogP contribution in [0.4, 0.5) is 5.69 Å². The van der Waals surface area contributed by atoms with Gasteiger partial charge in [-0.3, -0.25) is 13.9 Å². The van der Waals surface area contributed by atoms with Crippen LogP contribution in [0.5, 0.6) is 0 Å². The number of halogens is 3. The molecule has 0 radical (unpaired) electrons. The molecule has 2 amide bonds. The second kappa shape index (κ2) is 14.2. The van der Waals surface area contributed by atoms with Gasteiger partial charge in [0.1, 0.15) is 6.04 Å². The third-order valence-electron chi connectivity index (χ3n) is 5.97. The van der Waals surface area contributed by atoms with Crippen LogP contribution in [0.1, 0.15) is 52.0 Å². The molecule has 0 aliphatic carbocycles. The molecule has 1 N–H and O–H groups in total. The smallest absolute Gasteiger partial charge is 0.243 e. The molecule has 2 aromatic rings. The standard InChI is InChI=1S/C26H34Cl3N3O4S/c1-5-18(3)30-26(34)24(6-2)31(17-19-12-13-22(28)23(29)15-19)25(33)11-8-14-32(37(4,35)36)21-10-7-9-20(27)16-21/h7,9-10,12-13,15-16,18,24H,5-6,8,11,14,17H2,1-4H3,(H,30,34)/t18-,24+/m0/s1. The number of hydrogen-bond acceptors (Lipinski definition) is 4. The molecule has 0 unspecified atom stereocenters. The molecule has 0 spiro atoms. The minimum atomic E-state index is -3.60. The Morgan fingerprint density at radius 1 is 1.00 bits per heavy atom. The van der Waals surface area contributed by atoms with Crippen LogP contribution in [-0.4, -0.2) is 50.0 Å². The highest BCUT2D eigenvalue weighted by Crippen LogP contribution is 2.25. The van der Waals surface area contributed by atoms with Gasteiger partial charge in [0, 0.05) is 30.6 Å². The van der Waals surface area contributed by atoms with E-state index in [9.17, 15) is 18.0 Å². The maximum atomic E-state index is 13.5. The number of hydrogen-bond donors (Lipinski definition) is 1. The molecule has 204 valence electrons. The van der Waals surface area contributed by atoms with E-state index in [-0.39, 0.29) is 43.8 Å². The number of carbonyl (C=O) groups is 2. The summed E-state index contributed by atoms with van der Waals surface area (Å²) in [4.78, 5) is 28.1. The molecule has 0 bridgehead atoms. The average Bonchev–Trinajstić information content (AvgIpc) is 2.82. The van der Waals surface area contributed by atoms with Gasteiger partial charge in [0.2, 0.25) is 21.8 Å². The molecule has 0 heterocycles. The predicted molar refractivity (Wildman–Crippen MR) is 152 cm³/mol. The highest BCUT2D eigenvalue weighted by Gasteiger charge is 2.29. The zero-order chi connectivity index (χ0) is 27.8. The Hall–Kier alpha value is -2.00. The van der Waals surface area contributed by atoms with Gasteiger partial charge in [0.05, 0.1) is 22.0 Å². The summed E-state index contributed by atoms with van der Waals surface area (Å²) in [5.74, 6) is -0.501. The second-order valence-electron chi connectivity index (χ2n) is 8.93. The summed E-state index contributed by atoms with van der Waals surface area (Å²) in [6.07, 6.45) is 2.57. The number of carbonyl (C=O) groups excluding carboxylic acids is 2. The van der Waals surface area contributed by atoms with E-state index in [1.54, 1.807) is 42.5 Å². The Kier molecular flexibility index (Phi) is 12.0. The normalized spacial score (nSPS) is 13.1. The van der Waals surface area contributed by atoms with Gasteiger partial charge in [0.15, 0.2) is 0 Å². The van der Waals surface area contributed by atoms with Crippen molar-refractivity contribution in [2.75, 3.05) is 17.1 Å². The van der Waals surface area contributed by atoms with Crippen molar-refractivity contribution in [3.05, 3.63) is 63.1 Å². The van der Waals surface area contributed by atoms with Crippen LogP contribution >= 0.6 is 34.8 Å². The first kappa shape index (κ1) is 31.2. The summed E-state index contributed by atoms with van der Waals surface area (Å²) in [6, 6.07) is 10.9. The summed E-state index contributed by atoms with van der Waals surface area (Å²) in [5.41, 5.74) is 1.16. The monoisotopic (exact) mass is 589 g/mol. The van der Waals surface area contributed by atoms with Crippen molar-refractivity contribution in [3.8, 4) is 0 Å². The highest BCUT2D eigenvalue weighted by atomic mass is 35.5. The number of nitrogens with zero attached hydrogens (tertiary/aromatic N) is 2. The predicted octanol–water partition coefficient (Wildman–Crippen LogP) is 5.92. The van der Waals surface area contributed by atoms with Gasteiger partial charge in [-0.25, -0.2) is 8.42 Å². The molecule has 0 fully saturated rings. The molecule has 11 heteroatoms. The first-order valence-electron chi connectivity index (χ1n) is 12.1. The van der Waals surface area contributed by atoms with E-state index in [0.29, 0.717) is 27.2 Å². The minimum absolute atomic E-state index is 0.0375. The third-order valence-corrected chi connectivity index (χ3v) is 8.14. The minimum Gasteiger partial charge on any atom is -0.352 e. The van der Waals surface area contributed by atoms with Crippen LogP contribution in [0, 0.1) is 0 Å². The van der Waals surface area contributed by atoms with E-state index in [4.69, 9.17) is 34.8 Å². The third kappa shape index (κ3) is 9.36. The highest BCUT2D eigenvalue weighted by molar-refractivity contribution is 7.92. The van der Waals surface area contributed by atoms with Crippen molar-refractivity contribution in [1.29, 1.82) is 0 Å². The first-order valence-corrected chi connectivity index (χ1v) is 15.1. The lowest BCUT2D eigenvalue weighted by molar-refractivity contribution is -0.141. The molecule has 0 saturated heterocycles. The lowest BCUT2D eigenvalue weighted by Crippen LogP contribution is -2.50. The van der Waals surface area contributed by atoms with E-state index in [1.165, 1.54) is 9.21 Å². The van der Waals surface area contributed by atoms with Crippen molar-refractivity contribution in [3.63, 3.8) is 0 Å². The van der Waals surface area contributed by atoms with Gasteiger partial charge in [-0.15, -0.1) is 0 Å². The van der Waals surface area contributed by atoms with Crippen LogP contribution in [0.2, 0.25) is 15.1 Å². The Bertz CT molecular complexity index is 1190. The molecule has 0 aromatic heterocycles. The van der Waals surface area contributed by atoms with E-state index in [0.717, 1.165) is 18.2 Å². The van der Waals surface area contributed by atoms with Gasteiger partial charge in [-0.2, -0.15) is 0 Å². The van der Waals surface area contributed by atoms with Gasteiger partial charge >= 0.3 is 0 Å². The van der Waals surface area contributed by atoms with Crippen molar-refractivity contribution >= 4 is 62.3 Å². The molecular weight excluding hydrogens is 557 g/mol. The number of anilines is 1. The SMILES string of the molecule is CC[C@H](C(=O)N[C@@H](C)CC)N(Cc1ccc(Cl)c(Cl)c1)C(=O)CCCN(c1cccc(Cl)c1)S(C)(=O)=O. The second-order valence-corrected chi connectivity index (χ2v) is 12.1. The molecule has 7 nitrogen and oxygen atoms in total. The summed E-state index contributed by atoms with van der Waals surface area (Å²) in [6.45, 7) is 5.97. The van der Waals surface area contributed by atoms with Gasteiger partial charge in [-0.1, -0.05) is 60.8 Å². The fourth-order valence-corrected chi connectivity index (χ4v) is 5.29. The number of benzene rings is 2. The van der Waals surface area contributed by atoms with E-state index >= 15 is 0 Å². The van der Waals surface area contributed by atoms with Crippen molar-refractivity contribution in [2.45, 2.75) is 65.1 Å². The maximum Gasteiger partial charge on any atom is 0.243 e. The lowest BCUT2D eigenvalue weighted by Gasteiger charge is -2.32. The Morgan fingerprint density at radius 2 is 1.70 bits per heavy atom. The molecular formula is C26H34Cl3N3O4S. The lowest BCUT2D eigenvalue weighted by atomic mass is 10.1. The van der Waals surface area contributed by atoms with Gasteiger partial charge in [0.25, 0.3) is 0 Å². The fourth-order valence-electron chi connectivity index (χ4n) is 3.83. The zero-order valence-corrected chi connectivity index (χ0v) is 24.6.